The highest BCUT2D eigenvalue weighted by molar-refractivity contribution is 6.02. The molecule has 0 atom stereocenters. The first-order valence-corrected chi connectivity index (χ1v) is 9.04. The summed E-state index contributed by atoms with van der Waals surface area (Å²) < 4.78 is 44.2. The molecule has 1 amide bonds. The van der Waals surface area contributed by atoms with E-state index in [0.717, 1.165) is 12.1 Å². The van der Waals surface area contributed by atoms with Gasteiger partial charge in [-0.2, -0.15) is 18.3 Å². The Labute approximate surface area is 173 Å². The van der Waals surface area contributed by atoms with Crippen LogP contribution in [0.15, 0.2) is 82.0 Å². The first kappa shape index (κ1) is 20.1. The molecule has 0 aliphatic rings. The van der Waals surface area contributed by atoms with Gasteiger partial charge in [0.05, 0.1) is 11.3 Å². The minimum atomic E-state index is -4.48. The maximum absolute atomic E-state index is 12.9. The van der Waals surface area contributed by atoms with Gasteiger partial charge in [-0.3, -0.25) is 9.59 Å². The van der Waals surface area contributed by atoms with Gasteiger partial charge in [0.1, 0.15) is 5.76 Å². The first-order chi connectivity index (χ1) is 14.8. The van der Waals surface area contributed by atoms with Gasteiger partial charge >= 0.3 is 6.18 Å². The standard InChI is InChI=1S/C22H14F3N3O3/c23-22(24,25)15-5-1-4-14(11-15)18-8-9-19(31-18)21(30)26-16-6-2-3-13(12-16)17-7-10-20(29)28-27-17/h1-12H,(H,26,30)(H,28,29). The normalized spacial score (nSPS) is 11.3. The Morgan fingerprint density at radius 3 is 2.45 bits per heavy atom. The molecule has 4 aromatic rings. The number of nitrogens with zero attached hydrogens (tertiary/aromatic N) is 1. The third-order valence-electron chi connectivity index (χ3n) is 4.40. The Kier molecular flexibility index (Phi) is 5.16. The number of hydrogen-bond donors (Lipinski definition) is 2. The molecule has 6 nitrogen and oxygen atoms in total. The van der Waals surface area contributed by atoms with Crippen molar-refractivity contribution in [2.24, 2.45) is 0 Å². The molecular weight excluding hydrogens is 411 g/mol. The number of hydrogen-bond acceptors (Lipinski definition) is 4. The van der Waals surface area contributed by atoms with Crippen LogP contribution in [0.2, 0.25) is 0 Å². The summed E-state index contributed by atoms with van der Waals surface area (Å²) in [5, 5.41) is 8.94. The topological polar surface area (TPSA) is 88.0 Å². The number of carbonyl (C=O) groups is 1. The van der Waals surface area contributed by atoms with Crippen LogP contribution in [0.5, 0.6) is 0 Å². The van der Waals surface area contributed by atoms with Gasteiger partial charge in [0.15, 0.2) is 5.76 Å². The van der Waals surface area contributed by atoms with E-state index in [-0.39, 0.29) is 22.6 Å². The fraction of sp³-hybridized carbons (Fsp3) is 0.0455. The molecule has 0 unspecified atom stereocenters. The van der Waals surface area contributed by atoms with Crippen LogP contribution in [0.3, 0.4) is 0 Å². The third-order valence-corrected chi connectivity index (χ3v) is 4.40. The van der Waals surface area contributed by atoms with Crippen molar-refractivity contribution in [2.45, 2.75) is 6.18 Å². The monoisotopic (exact) mass is 425 g/mol. The van der Waals surface area contributed by atoms with Crippen LogP contribution >= 0.6 is 0 Å². The quantitative estimate of drug-likeness (QED) is 0.483. The second kappa shape index (κ2) is 7.94. The number of amides is 1. The fourth-order valence-electron chi connectivity index (χ4n) is 2.92. The summed E-state index contributed by atoms with van der Waals surface area (Å²) >= 11 is 0. The number of anilines is 1. The lowest BCUT2D eigenvalue weighted by Gasteiger charge is -2.07. The molecule has 0 aliphatic carbocycles. The number of aromatic amines is 1. The number of nitrogens with one attached hydrogen (secondary N) is 2. The zero-order valence-corrected chi connectivity index (χ0v) is 15.7. The second-order valence-corrected chi connectivity index (χ2v) is 6.58. The minimum Gasteiger partial charge on any atom is -0.451 e. The number of halogens is 3. The zero-order valence-electron chi connectivity index (χ0n) is 15.7. The largest absolute Gasteiger partial charge is 0.451 e. The van der Waals surface area contributed by atoms with Crippen LogP contribution in [0, 0.1) is 0 Å². The lowest BCUT2D eigenvalue weighted by atomic mass is 10.1. The summed E-state index contributed by atoms with van der Waals surface area (Å²) in [6.07, 6.45) is -4.48. The van der Waals surface area contributed by atoms with E-state index < -0.39 is 17.6 Å². The average Bonchev–Trinajstić information content (AvgIpc) is 3.25. The number of aromatic nitrogens is 2. The highest BCUT2D eigenvalue weighted by atomic mass is 19.4. The number of rotatable bonds is 4. The van der Waals surface area contributed by atoms with E-state index in [1.165, 1.54) is 30.3 Å². The summed E-state index contributed by atoms with van der Waals surface area (Å²) in [6.45, 7) is 0. The molecule has 0 fully saturated rings. The van der Waals surface area contributed by atoms with E-state index >= 15 is 0 Å². The predicted molar refractivity (Wildman–Crippen MR) is 107 cm³/mol. The molecule has 0 aliphatic heterocycles. The van der Waals surface area contributed by atoms with E-state index in [9.17, 15) is 22.8 Å². The molecule has 4 rings (SSSR count). The number of H-pyrrole nitrogens is 1. The van der Waals surface area contributed by atoms with E-state index in [2.05, 4.69) is 15.5 Å². The molecule has 0 saturated carbocycles. The minimum absolute atomic E-state index is 0.0556. The van der Waals surface area contributed by atoms with Crippen LogP contribution in [-0.4, -0.2) is 16.1 Å². The van der Waals surface area contributed by atoms with E-state index in [1.54, 1.807) is 30.3 Å². The van der Waals surface area contributed by atoms with Crippen molar-refractivity contribution < 1.29 is 22.4 Å². The molecular formula is C22H14F3N3O3. The van der Waals surface area contributed by atoms with Crippen molar-refractivity contribution in [1.82, 2.24) is 10.2 Å². The summed E-state index contributed by atoms with van der Waals surface area (Å²) in [4.78, 5) is 23.7. The van der Waals surface area contributed by atoms with E-state index in [1.807, 2.05) is 0 Å². The molecule has 0 spiro atoms. The van der Waals surface area contributed by atoms with Gasteiger partial charge in [-0.25, -0.2) is 5.10 Å². The fourth-order valence-corrected chi connectivity index (χ4v) is 2.92. The number of benzene rings is 2. The van der Waals surface area contributed by atoms with Crippen molar-refractivity contribution in [3.63, 3.8) is 0 Å². The molecule has 31 heavy (non-hydrogen) atoms. The number of furan rings is 1. The van der Waals surface area contributed by atoms with Gasteiger partial charge in [0, 0.05) is 22.9 Å². The van der Waals surface area contributed by atoms with Crippen LogP contribution in [0.4, 0.5) is 18.9 Å². The van der Waals surface area contributed by atoms with Crippen LogP contribution in [0.1, 0.15) is 16.1 Å². The smallest absolute Gasteiger partial charge is 0.416 e. The SMILES string of the molecule is O=C(Nc1cccc(-c2ccc(=O)[nH]n2)c1)c1ccc(-c2cccc(C(F)(F)F)c2)o1. The lowest BCUT2D eigenvalue weighted by molar-refractivity contribution is -0.137. The van der Waals surface area contributed by atoms with E-state index in [4.69, 9.17) is 4.42 Å². The molecule has 2 heterocycles. The van der Waals surface area contributed by atoms with E-state index in [0.29, 0.717) is 16.9 Å². The van der Waals surface area contributed by atoms with Crippen LogP contribution < -0.4 is 10.9 Å². The van der Waals surface area contributed by atoms with Gasteiger partial charge in [-0.1, -0.05) is 24.3 Å². The molecule has 0 radical (unpaired) electrons. The van der Waals surface area contributed by atoms with Crippen molar-refractivity contribution in [3.05, 3.63) is 94.5 Å². The lowest BCUT2D eigenvalue weighted by Crippen LogP contribution is -2.11. The van der Waals surface area contributed by atoms with Gasteiger partial charge in [0.2, 0.25) is 0 Å². The Morgan fingerprint density at radius 1 is 0.935 bits per heavy atom. The molecule has 9 heteroatoms. The van der Waals surface area contributed by atoms with Crippen molar-refractivity contribution in [2.75, 3.05) is 5.32 Å². The Balaban J connectivity index is 1.53. The van der Waals surface area contributed by atoms with Gasteiger partial charge < -0.3 is 9.73 Å². The van der Waals surface area contributed by atoms with Gasteiger partial charge in [-0.15, -0.1) is 0 Å². The molecule has 2 aromatic carbocycles. The first-order valence-electron chi connectivity index (χ1n) is 9.04. The highest BCUT2D eigenvalue weighted by Crippen LogP contribution is 2.32. The Bertz CT molecular complexity index is 1290. The molecule has 2 aromatic heterocycles. The summed E-state index contributed by atoms with van der Waals surface area (Å²) in [5.41, 5.74) is 0.703. The zero-order chi connectivity index (χ0) is 22.0. The Morgan fingerprint density at radius 2 is 1.71 bits per heavy atom. The molecule has 2 N–H and O–H groups in total. The average molecular weight is 425 g/mol. The van der Waals surface area contributed by atoms with Crippen molar-refractivity contribution in [1.29, 1.82) is 0 Å². The number of carbonyl (C=O) groups excluding carboxylic acids is 1. The van der Waals surface area contributed by atoms with Crippen LogP contribution in [0.25, 0.3) is 22.6 Å². The maximum Gasteiger partial charge on any atom is 0.416 e. The molecule has 156 valence electrons. The summed E-state index contributed by atoms with van der Waals surface area (Å²) in [5.74, 6) is -0.479. The Hall–Kier alpha value is -4.14. The second-order valence-electron chi connectivity index (χ2n) is 6.58. The van der Waals surface area contributed by atoms with Crippen LogP contribution in [-0.2, 0) is 6.18 Å². The van der Waals surface area contributed by atoms with Gasteiger partial charge in [0.25, 0.3) is 11.5 Å². The molecule has 0 bridgehead atoms. The van der Waals surface area contributed by atoms with Gasteiger partial charge in [-0.05, 0) is 42.5 Å². The predicted octanol–water partition coefficient (Wildman–Crippen LogP) is 4.97. The summed E-state index contributed by atoms with van der Waals surface area (Å²) in [6, 6.07) is 17.2. The molecule has 0 saturated heterocycles. The maximum atomic E-state index is 12.9. The van der Waals surface area contributed by atoms with Crippen molar-refractivity contribution >= 4 is 11.6 Å². The highest BCUT2D eigenvalue weighted by Gasteiger charge is 2.30. The summed E-state index contributed by atoms with van der Waals surface area (Å²) in [7, 11) is 0. The third kappa shape index (κ3) is 4.55. The van der Waals surface area contributed by atoms with Crippen molar-refractivity contribution in [3.8, 4) is 22.6 Å². The number of alkyl halides is 3.